The number of furan rings is 1. The maximum absolute atomic E-state index is 13.3. The normalized spacial score (nSPS) is 12.4. The Kier molecular flexibility index (Phi) is 4.80. The number of nitrogens with one attached hydrogen (secondary N) is 2. The number of carbonyl (C=O) groups excluding carboxylic acids is 1. The van der Waals surface area contributed by atoms with Crippen LogP contribution in [0.2, 0.25) is 0 Å². The fourth-order valence-electron chi connectivity index (χ4n) is 2.20. The molecule has 0 aliphatic rings. The van der Waals surface area contributed by atoms with E-state index in [-0.39, 0.29) is 17.9 Å². The van der Waals surface area contributed by atoms with Crippen LogP contribution in [0.15, 0.2) is 22.6 Å². The van der Waals surface area contributed by atoms with Crippen molar-refractivity contribution in [2.45, 2.75) is 19.9 Å². The van der Waals surface area contributed by atoms with E-state index in [1.165, 1.54) is 12.1 Å². The molecule has 2 amide bonds. The van der Waals surface area contributed by atoms with Crippen LogP contribution in [0, 0.1) is 12.7 Å². The van der Waals surface area contributed by atoms with Gasteiger partial charge >= 0.3 is 6.03 Å². The Morgan fingerprint density at radius 3 is 2.95 bits per heavy atom. The quantitative estimate of drug-likeness (QED) is 0.833. The molecule has 1 heterocycles. The Labute approximate surface area is 122 Å². The van der Waals surface area contributed by atoms with Gasteiger partial charge in [-0.3, -0.25) is 0 Å². The maximum atomic E-state index is 13.3. The lowest BCUT2D eigenvalue weighted by molar-refractivity contribution is 0.195. The molecule has 0 saturated carbocycles. The second-order valence-electron chi connectivity index (χ2n) is 4.85. The first kappa shape index (κ1) is 15.3. The first-order chi connectivity index (χ1) is 10.0. The van der Waals surface area contributed by atoms with Crippen LogP contribution >= 0.6 is 0 Å². The van der Waals surface area contributed by atoms with Gasteiger partial charge in [0.2, 0.25) is 0 Å². The number of ether oxygens (including phenoxy) is 1. The molecule has 0 spiro atoms. The molecule has 1 aromatic heterocycles. The number of rotatable bonds is 5. The number of methoxy groups -OCH3 is 1. The number of carbonyl (C=O) groups is 1. The van der Waals surface area contributed by atoms with Gasteiger partial charge in [-0.25, -0.2) is 9.18 Å². The van der Waals surface area contributed by atoms with Crippen LogP contribution in [-0.4, -0.2) is 26.3 Å². The third-order valence-corrected chi connectivity index (χ3v) is 3.27. The van der Waals surface area contributed by atoms with Crippen LogP contribution in [0.5, 0.6) is 0 Å². The molecule has 2 aromatic rings. The first-order valence-electron chi connectivity index (χ1n) is 6.74. The lowest BCUT2D eigenvalue weighted by Gasteiger charge is -2.13. The lowest BCUT2D eigenvalue weighted by Crippen LogP contribution is -2.38. The van der Waals surface area contributed by atoms with Crippen LogP contribution in [0.1, 0.15) is 24.3 Å². The van der Waals surface area contributed by atoms with Gasteiger partial charge in [0, 0.05) is 24.6 Å². The molecule has 21 heavy (non-hydrogen) atoms. The summed E-state index contributed by atoms with van der Waals surface area (Å²) in [7, 11) is 1.57. The molecule has 0 bridgehead atoms. The summed E-state index contributed by atoms with van der Waals surface area (Å²) in [6, 6.07) is 3.76. The highest BCUT2D eigenvalue weighted by Gasteiger charge is 2.18. The zero-order chi connectivity index (χ0) is 15.4. The van der Waals surface area contributed by atoms with E-state index in [9.17, 15) is 9.18 Å². The number of urea groups is 1. The third-order valence-electron chi connectivity index (χ3n) is 3.27. The van der Waals surface area contributed by atoms with Crippen molar-refractivity contribution in [3.63, 3.8) is 0 Å². The third kappa shape index (κ3) is 3.52. The Hall–Kier alpha value is -2.08. The first-order valence-corrected chi connectivity index (χ1v) is 6.74. The average molecular weight is 294 g/mol. The van der Waals surface area contributed by atoms with Crippen molar-refractivity contribution >= 4 is 17.0 Å². The van der Waals surface area contributed by atoms with Gasteiger partial charge < -0.3 is 19.8 Å². The van der Waals surface area contributed by atoms with Crippen LogP contribution in [0.3, 0.4) is 0 Å². The molecule has 1 atom stereocenters. The lowest BCUT2D eigenvalue weighted by atomic mass is 10.1. The summed E-state index contributed by atoms with van der Waals surface area (Å²) in [5.41, 5.74) is 1.44. The number of benzene rings is 1. The average Bonchev–Trinajstić information content (AvgIpc) is 2.76. The fraction of sp³-hybridized carbons (Fsp3) is 0.400. The van der Waals surface area contributed by atoms with Gasteiger partial charge in [-0.05, 0) is 32.0 Å². The summed E-state index contributed by atoms with van der Waals surface area (Å²) in [4.78, 5) is 11.7. The fourth-order valence-corrected chi connectivity index (χ4v) is 2.20. The summed E-state index contributed by atoms with van der Waals surface area (Å²) in [5, 5.41) is 6.17. The zero-order valence-electron chi connectivity index (χ0n) is 12.3. The molecule has 0 unspecified atom stereocenters. The summed E-state index contributed by atoms with van der Waals surface area (Å²) < 4.78 is 23.8. The van der Waals surface area contributed by atoms with E-state index < -0.39 is 0 Å². The van der Waals surface area contributed by atoms with Gasteiger partial charge in [-0.1, -0.05) is 0 Å². The summed E-state index contributed by atoms with van der Waals surface area (Å²) >= 11 is 0. The van der Waals surface area contributed by atoms with Crippen molar-refractivity contribution in [1.29, 1.82) is 0 Å². The number of amides is 2. The minimum Gasteiger partial charge on any atom is -0.459 e. The molecule has 0 aliphatic heterocycles. The molecule has 0 fully saturated rings. The van der Waals surface area contributed by atoms with Crippen LogP contribution in [0.25, 0.3) is 11.0 Å². The number of hydrogen-bond acceptors (Lipinski definition) is 3. The van der Waals surface area contributed by atoms with Gasteiger partial charge in [0.25, 0.3) is 0 Å². The van der Waals surface area contributed by atoms with E-state index in [1.54, 1.807) is 13.2 Å². The van der Waals surface area contributed by atoms with Crippen molar-refractivity contribution < 1.29 is 18.3 Å². The van der Waals surface area contributed by atoms with E-state index >= 15 is 0 Å². The minimum absolute atomic E-state index is 0.300. The van der Waals surface area contributed by atoms with E-state index in [1.807, 2.05) is 13.8 Å². The molecular formula is C15H19FN2O3. The molecular weight excluding hydrogens is 275 g/mol. The van der Waals surface area contributed by atoms with Gasteiger partial charge in [-0.2, -0.15) is 0 Å². The van der Waals surface area contributed by atoms with E-state index in [0.717, 1.165) is 10.9 Å². The van der Waals surface area contributed by atoms with Crippen molar-refractivity contribution in [2.24, 2.45) is 0 Å². The molecule has 2 N–H and O–H groups in total. The predicted molar refractivity (Wildman–Crippen MR) is 77.7 cm³/mol. The van der Waals surface area contributed by atoms with Crippen LogP contribution in [0.4, 0.5) is 9.18 Å². The van der Waals surface area contributed by atoms with Gasteiger partial charge in [0.05, 0.1) is 12.6 Å². The Morgan fingerprint density at radius 2 is 2.24 bits per heavy atom. The molecule has 5 nitrogen and oxygen atoms in total. The second-order valence-corrected chi connectivity index (χ2v) is 4.85. The topological polar surface area (TPSA) is 63.5 Å². The maximum Gasteiger partial charge on any atom is 0.315 e. The van der Waals surface area contributed by atoms with E-state index in [0.29, 0.717) is 24.5 Å². The van der Waals surface area contributed by atoms with E-state index in [2.05, 4.69) is 10.6 Å². The Balaban J connectivity index is 2.10. The number of hydrogen-bond donors (Lipinski definition) is 2. The molecule has 6 heteroatoms. The number of fused-ring (bicyclic) bond motifs is 1. The summed E-state index contributed by atoms with van der Waals surface area (Å²) in [6.45, 7) is 4.54. The highest BCUT2D eigenvalue weighted by molar-refractivity contribution is 5.82. The van der Waals surface area contributed by atoms with Gasteiger partial charge in [0.1, 0.15) is 17.2 Å². The molecule has 0 radical (unpaired) electrons. The smallest absolute Gasteiger partial charge is 0.315 e. The monoisotopic (exact) mass is 294 g/mol. The number of halogens is 1. The summed E-state index contributed by atoms with van der Waals surface area (Å²) in [5.74, 6) is 0.313. The van der Waals surface area contributed by atoms with Gasteiger partial charge in [0.15, 0.2) is 0 Å². The minimum atomic E-state index is -0.317. The van der Waals surface area contributed by atoms with Crippen LogP contribution < -0.4 is 10.6 Å². The van der Waals surface area contributed by atoms with Crippen molar-refractivity contribution in [3.8, 4) is 0 Å². The SMILES string of the molecule is COCCNC(=O)N[C@@H](C)c1oc2ccc(F)cc2c1C. The number of aryl methyl sites for hydroxylation is 1. The molecule has 0 saturated heterocycles. The molecule has 1 aromatic carbocycles. The highest BCUT2D eigenvalue weighted by atomic mass is 19.1. The van der Waals surface area contributed by atoms with Crippen molar-refractivity contribution in [3.05, 3.63) is 35.3 Å². The summed E-state index contributed by atoms with van der Waals surface area (Å²) in [6.07, 6.45) is 0. The predicted octanol–water partition coefficient (Wildman–Crippen LogP) is 2.89. The standard InChI is InChI=1S/C15H19FN2O3/c1-9-12-8-11(16)4-5-13(12)21-14(9)10(2)18-15(19)17-6-7-20-3/h4-5,8,10H,6-7H2,1-3H3,(H2,17,18,19)/t10-/m0/s1. The Bertz CT molecular complexity index is 639. The van der Waals surface area contributed by atoms with E-state index in [4.69, 9.17) is 9.15 Å². The van der Waals surface area contributed by atoms with Crippen molar-refractivity contribution in [1.82, 2.24) is 10.6 Å². The van der Waals surface area contributed by atoms with Crippen LogP contribution in [-0.2, 0) is 4.74 Å². The van der Waals surface area contributed by atoms with Gasteiger partial charge in [-0.15, -0.1) is 0 Å². The molecule has 0 aliphatic carbocycles. The van der Waals surface area contributed by atoms with Crippen molar-refractivity contribution in [2.75, 3.05) is 20.3 Å². The molecule has 2 rings (SSSR count). The highest BCUT2D eigenvalue weighted by Crippen LogP contribution is 2.29. The zero-order valence-corrected chi connectivity index (χ0v) is 12.3. The Morgan fingerprint density at radius 1 is 1.48 bits per heavy atom. The second kappa shape index (κ2) is 6.58. The molecule has 114 valence electrons. The largest absolute Gasteiger partial charge is 0.459 e.